The van der Waals surface area contributed by atoms with Crippen LogP contribution in [0.25, 0.3) is 22.8 Å². The second kappa shape index (κ2) is 10.0. The number of rotatable bonds is 8. The summed E-state index contributed by atoms with van der Waals surface area (Å²) in [5.41, 5.74) is 3.32. The molecule has 0 fully saturated rings. The Bertz CT molecular complexity index is 1250. The summed E-state index contributed by atoms with van der Waals surface area (Å²) in [5, 5.41) is 18.6. The highest BCUT2D eigenvalue weighted by molar-refractivity contribution is 7.99. The molecular weight excluding hydrogens is 442 g/mol. The number of amides is 1. The lowest BCUT2D eigenvalue weighted by atomic mass is 10.1. The van der Waals surface area contributed by atoms with E-state index in [9.17, 15) is 9.59 Å². The van der Waals surface area contributed by atoms with Gasteiger partial charge in [-0.05, 0) is 37.3 Å². The first kappa shape index (κ1) is 22.1. The Morgan fingerprint density at radius 3 is 2.61 bits per heavy atom. The van der Waals surface area contributed by atoms with E-state index in [1.54, 1.807) is 31.2 Å². The van der Waals surface area contributed by atoms with Crippen molar-refractivity contribution < 1.29 is 14.3 Å². The Morgan fingerprint density at radius 2 is 1.88 bits per heavy atom. The van der Waals surface area contributed by atoms with E-state index in [2.05, 4.69) is 25.7 Å². The van der Waals surface area contributed by atoms with Crippen molar-refractivity contribution in [1.82, 2.24) is 25.1 Å². The summed E-state index contributed by atoms with van der Waals surface area (Å²) < 4.78 is 6.26. The number of esters is 1. The number of carbonyl (C=O) groups is 2. The average molecular weight is 464 g/mol. The molecule has 0 radical (unpaired) electrons. The number of hydrogen-bond donors (Lipinski definition) is 3. The zero-order valence-electron chi connectivity index (χ0n) is 17.7. The fraction of sp³-hybridized carbons (Fsp3) is 0.136. The average Bonchev–Trinajstić information content (AvgIpc) is 3.46. The van der Waals surface area contributed by atoms with E-state index in [1.165, 1.54) is 4.68 Å². The molecule has 33 heavy (non-hydrogen) atoms. The first-order valence-electron chi connectivity index (χ1n) is 10.1. The van der Waals surface area contributed by atoms with Crippen LogP contribution < -0.4 is 11.2 Å². The van der Waals surface area contributed by atoms with Crippen molar-refractivity contribution in [2.75, 3.05) is 23.5 Å². The smallest absolute Gasteiger partial charge is 0.338 e. The molecule has 10 nitrogen and oxygen atoms in total. The van der Waals surface area contributed by atoms with Gasteiger partial charge in [0.15, 0.2) is 0 Å². The van der Waals surface area contributed by atoms with Gasteiger partial charge in [-0.3, -0.25) is 9.89 Å². The zero-order valence-corrected chi connectivity index (χ0v) is 18.5. The van der Waals surface area contributed by atoms with Gasteiger partial charge in [0.05, 0.1) is 23.6 Å². The molecule has 1 amide bonds. The lowest BCUT2D eigenvalue weighted by Gasteiger charge is -2.06. The molecule has 0 saturated heterocycles. The molecule has 0 atom stereocenters. The molecule has 2 aromatic heterocycles. The van der Waals surface area contributed by atoms with E-state index in [0.29, 0.717) is 34.5 Å². The van der Waals surface area contributed by atoms with E-state index in [4.69, 9.17) is 10.6 Å². The Balaban J connectivity index is 1.36. The monoisotopic (exact) mass is 463 g/mol. The first-order chi connectivity index (χ1) is 16.0. The van der Waals surface area contributed by atoms with Gasteiger partial charge in [0.1, 0.15) is 5.69 Å². The Kier molecular flexibility index (Phi) is 6.69. The molecule has 0 aliphatic rings. The third kappa shape index (κ3) is 5.21. The van der Waals surface area contributed by atoms with Gasteiger partial charge < -0.3 is 15.9 Å². The summed E-state index contributed by atoms with van der Waals surface area (Å²) in [6.45, 7) is 2.04. The number of aromatic nitrogens is 5. The normalized spacial score (nSPS) is 10.7. The number of ether oxygens (including phenoxy) is 1. The molecule has 0 bridgehead atoms. The van der Waals surface area contributed by atoms with Crippen LogP contribution >= 0.6 is 11.8 Å². The minimum atomic E-state index is -0.405. The van der Waals surface area contributed by atoms with Crippen LogP contribution in [-0.2, 0) is 9.53 Å². The summed E-state index contributed by atoms with van der Waals surface area (Å²) >= 11 is 1.15. The SMILES string of the molecule is CCOC(=O)c1ccc(NC(=O)CSc2nnc(-c3cc(-c4ccccc4)n[nH]3)n2N)cc1. The number of hydrogen-bond acceptors (Lipinski definition) is 8. The minimum Gasteiger partial charge on any atom is -0.462 e. The molecule has 4 aromatic rings. The molecule has 0 saturated carbocycles. The molecule has 0 spiro atoms. The highest BCUT2D eigenvalue weighted by atomic mass is 32.2. The van der Waals surface area contributed by atoms with E-state index in [1.807, 2.05) is 36.4 Å². The minimum absolute atomic E-state index is 0.0766. The van der Waals surface area contributed by atoms with Crippen LogP contribution in [-0.4, -0.2) is 49.3 Å². The van der Waals surface area contributed by atoms with Crippen molar-refractivity contribution in [2.45, 2.75) is 12.1 Å². The highest BCUT2D eigenvalue weighted by Crippen LogP contribution is 2.24. The zero-order chi connectivity index (χ0) is 23.2. The van der Waals surface area contributed by atoms with Gasteiger partial charge in [0, 0.05) is 11.3 Å². The van der Waals surface area contributed by atoms with E-state index < -0.39 is 5.97 Å². The molecule has 11 heteroatoms. The van der Waals surface area contributed by atoms with E-state index in [-0.39, 0.29) is 11.7 Å². The molecule has 168 valence electrons. The van der Waals surface area contributed by atoms with E-state index >= 15 is 0 Å². The fourth-order valence-electron chi connectivity index (χ4n) is 2.98. The largest absolute Gasteiger partial charge is 0.462 e. The maximum Gasteiger partial charge on any atom is 0.338 e. The fourth-order valence-corrected chi connectivity index (χ4v) is 3.64. The number of H-pyrrole nitrogens is 1. The van der Waals surface area contributed by atoms with Gasteiger partial charge in [0.25, 0.3) is 0 Å². The van der Waals surface area contributed by atoms with Gasteiger partial charge >= 0.3 is 5.97 Å². The van der Waals surface area contributed by atoms with Gasteiger partial charge in [-0.1, -0.05) is 42.1 Å². The third-order valence-corrected chi connectivity index (χ3v) is 5.51. The number of nitrogen functional groups attached to an aromatic ring is 1. The van der Waals surface area contributed by atoms with Gasteiger partial charge in [-0.25, -0.2) is 9.47 Å². The number of nitrogens with one attached hydrogen (secondary N) is 2. The number of benzene rings is 2. The number of thioether (sulfide) groups is 1. The maximum atomic E-state index is 12.3. The number of nitrogens with two attached hydrogens (primary N) is 1. The van der Waals surface area contributed by atoms with E-state index in [0.717, 1.165) is 23.0 Å². The number of anilines is 1. The molecule has 4 N–H and O–H groups in total. The lowest BCUT2D eigenvalue weighted by molar-refractivity contribution is -0.113. The Morgan fingerprint density at radius 1 is 1.12 bits per heavy atom. The predicted octanol–water partition coefficient (Wildman–Crippen LogP) is 2.96. The van der Waals surface area contributed by atoms with Crippen LogP contribution in [0.3, 0.4) is 0 Å². The highest BCUT2D eigenvalue weighted by Gasteiger charge is 2.16. The molecule has 0 aliphatic heterocycles. The number of aromatic amines is 1. The van der Waals surface area contributed by atoms with Crippen molar-refractivity contribution in [2.24, 2.45) is 0 Å². The molecule has 4 rings (SSSR count). The number of carbonyl (C=O) groups excluding carboxylic acids is 2. The van der Waals surface area contributed by atoms with Crippen molar-refractivity contribution in [3.05, 3.63) is 66.2 Å². The van der Waals surface area contributed by atoms with Crippen LogP contribution in [0.1, 0.15) is 17.3 Å². The lowest BCUT2D eigenvalue weighted by Crippen LogP contribution is -2.16. The van der Waals surface area contributed by atoms with Gasteiger partial charge in [-0.2, -0.15) is 5.10 Å². The summed E-state index contributed by atoms with van der Waals surface area (Å²) in [4.78, 5) is 24.0. The van der Waals surface area contributed by atoms with Crippen molar-refractivity contribution in [3.8, 4) is 22.8 Å². The Labute approximate surface area is 193 Å². The summed E-state index contributed by atoms with van der Waals surface area (Å²) in [6, 6.07) is 18.0. The molecule has 0 aliphatic carbocycles. The summed E-state index contributed by atoms with van der Waals surface area (Å²) in [7, 11) is 0. The van der Waals surface area contributed by atoms with Crippen LogP contribution in [0.4, 0.5) is 5.69 Å². The summed E-state index contributed by atoms with van der Waals surface area (Å²) in [5.74, 6) is 5.97. The second-order valence-corrected chi connectivity index (χ2v) is 7.79. The van der Waals surface area contributed by atoms with Crippen molar-refractivity contribution in [1.29, 1.82) is 0 Å². The molecular formula is C22H21N7O3S. The van der Waals surface area contributed by atoms with Crippen molar-refractivity contribution in [3.63, 3.8) is 0 Å². The van der Waals surface area contributed by atoms with Crippen LogP contribution in [0.5, 0.6) is 0 Å². The molecule has 0 unspecified atom stereocenters. The first-order valence-corrected chi connectivity index (χ1v) is 11.0. The molecule has 2 aromatic carbocycles. The molecule has 2 heterocycles. The quantitative estimate of drug-likeness (QED) is 0.206. The second-order valence-electron chi connectivity index (χ2n) is 6.84. The summed E-state index contributed by atoms with van der Waals surface area (Å²) in [6.07, 6.45) is 0. The maximum absolute atomic E-state index is 12.3. The van der Waals surface area contributed by atoms with Crippen LogP contribution in [0, 0.1) is 0 Å². The Hall–Kier alpha value is -4.12. The topological polar surface area (TPSA) is 141 Å². The van der Waals surface area contributed by atoms with Crippen LogP contribution in [0.2, 0.25) is 0 Å². The predicted molar refractivity (Wildman–Crippen MR) is 125 cm³/mol. The third-order valence-electron chi connectivity index (χ3n) is 4.57. The van der Waals surface area contributed by atoms with Gasteiger partial charge in [0.2, 0.25) is 16.9 Å². The number of nitrogens with zero attached hydrogens (tertiary/aromatic N) is 4. The standard InChI is InChI=1S/C22H21N7O3S/c1-2-32-21(31)15-8-10-16(11-9-15)24-19(30)13-33-22-28-27-20(29(22)23)18-12-17(25-26-18)14-6-4-3-5-7-14/h3-12H,2,13,23H2,1H3,(H,24,30)(H,25,26). The van der Waals surface area contributed by atoms with Crippen LogP contribution in [0.15, 0.2) is 65.8 Å². The van der Waals surface area contributed by atoms with Gasteiger partial charge in [-0.15, -0.1) is 10.2 Å². The van der Waals surface area contributed by atoms with Crippen molar-refractivity contribution >= 4 is 29.3 Å².